The van der Waals surface area contributed by atoms with Gasteiger partial charge in [0.15, 0.2) is 0 Å². The number of piperidine rings is 1. The number of hydrogen-bond donors (Lipinski definition) is 2. The van der Waals surface area contributed by atoms with E-state index < -0.39 is 0 Å². The number of nitrogens with zero attached hydrogens (tertiary/aromatic N) is 2. The van der Waals surface area contributed by atoms with Crippen molar-refractivity contribution < 1.29 is 9.18 Å². The maximum absolute atomic E-state index is 13.9. The SMILES string of the molecule is Cc1ccc(NC(=O)c2cnn(-c3ccc(C(C)C)cc3)c2C2CCNCC2)cc1F. The Labute approximate surface area is 182 Å². The molecule has 0 saturated carbocycles. The van der Waals surface area contributed by atoms with E-state index in [-0.39, 0.29) is 17.6 Å². The molecule has 1 saturated heterocycles. The number of aromatic nitrogens is 2. The number of aryl methyl sites for hydroxylation is 1. The Morgan fingerprint density at radius 2 is 1.87 bits per heavy atom. The van der Waals surface area contributed by atoms with Gasteiger partial charge in [-0.3, -0.25) is 4.79 Å². The molecule has 1 fully saturated rings. The number of anilines is 1. The van der Waals surface area contributed by atoms with E-state index in [4.69, 9.17) is 0 Å². The van der Waals surface area contributed by atoms with Gasteiger partial charge in [-0.2, -0.15) is 5.10 Å². The van der Waals surface area contributed by atoms with E-state index in [0.29, 0.717) is 22.7 Å². The van der Waals surface area contributed by atoms with Crippen LogP contribution in [0.2, 0.25) is 0 Å². The average Bonchev–Trinajstić information content (AvgIpc) is 3.22. The molecule has 6 heteroatoms. The predicted molar refractivity (Wildman–Crippen MR) is 122 cm³/mol. The second kappa shape index (κ2) is 9.02. The zero-order valence-corrected chi connectivity index (χ0v) is 18.3. The molecule has 0 aliphatic carbocycles. The molecule has 1 aliphatic rings. The van der Waals surface area contributed by atoms with Crippen molar-refractivity contribution in [2.75, 3.05) is 18.4 Å². The van der Waals surface area contributed by atoms with Crippen LogP contribution in [0.1, 0.15) is 65.7 Å². The number of amides is 1. The second-order valence-corrected chi connectivity index (χ2v) is 8.54. The highest BCUT2D eigenvalue weighted by molar-refractivity contribution is 6.05. The molecule has 31 heavy (non-hydrogen) atoms. The standard InChI is InChI=1S/C25H29FN4O/c1-16(2)18-5-8-21(9-6-18)30-24(19-10-12-27-13-11-19)22(15-28-30)25(31)29-20-7-4-17(3)23(26)14-20/h4-9,14-16,19,27H,10-13H2,1-3H3,(H,29,31). The summed E-state index contributed by atoms with van der Waals surface area (Å²) in [4.78, 5) is 13.2. The maximum atomic E-state index is 13.9. The number of carbonyl (C=O) groups is 1. The molecule has 3 aromatic rings. The highest BCUT2D eigenvalue weighted by Gasteiger charge is 2.27. The Morgan fingerprint density at radius 1 is 1.16 bits per heavy atom. The van der Waals surface area contributed by atoms with Gasteiger partial charge in [0.2, 0.25) is 0 Å². The van der Waals surface area contributed by atoms with E-state index in [0.717, 1.165) is 37.3 Å². The first kappa shape index (κ1) is 21.2. The van der Waals surface area contributed by atoms with E-state index in [1.165, 1.54) is 11.6 Å². The summed E-state index contributed by atoms with van der Waals surface area (Å²) in [5, 5.41) is 10.8. The summed E-state index contributed by atoms with van der Waals surface area (Å²) in [6.45, 7) is 7.85. The summed E-state index contributed by atoms with van der Waals surface area (Å²) in [5.74, 6) is 0.0787. The molecule has 2 heterocycles. The highest BCUT2D eigenvalue weighted by Crippen LogP contribution is 2.31. The Morgan fingerprint density at radius 3 is 2.52 bits per heavy atom. The molecule has 0 spiro atoms. The molecule has 0 atom stereocenters. The topological polar surface area (TPSA) is 59.0 Å². The Balaban J connectivity index is 1.70. The second-order valence-electron chi connectivity index (χ2n) is 8.54. The average molecular weight is 421 g/mol. The number of nitrogens with one attached hydrogen (secondary N) is 2. The summed E-state index contributed by atoms with van der Waals surface area (Å²) in [7, 11) is 0. The molecule has 5 nitrogen and oxygen atoms in total. The van der Waals surface area contributed by atoms with Crippen molar-refractivity contribution in [1.29, 1.82) is 0 Å². The lowest BCUT2D eigenvalue weighted by molar-refractivity contribution is 0.102. The molecule has 1 amide bonds. The highest BCUT2D eigenvalue weighted by atomic mass is 19.1. The van der Waals surface area contributed by atoms with Crippen LogP contribution in [0.25, 0.3) is 5.69 Å². The van der Waals surface area contributed by atoms with Crippen LogP contribution in [0.3, 0.4) is 0 Å². The van der Waals surface area contributed by atoms with Crippen LogP contribution in [-0.2, 0) is 0 Å². The summed E-state index contributed by atoms with van der Waals surface area (Å²) in [5.41, 5.74) is 4.66. The molecule has 4 rings (SSSR count). The lowest BCUT2D eigenvalue weighted by Crippen LogP contribution is -2.29. The monoisotopic (exact) mass is 420 g/mol. The van der Waals surface area contributed by atoms with E-state index in [9.17, 15) is 9.18 Å². The fourth-order valence-electron chi connectivity index (χ4n) is 4.10. The van der Waals surface area contributed by atoms with Gasteiger partial charge in [0.05, 0.1) is 23.1 Å². The molecule has 162 valence electrons. The molecule has 0 unspecified atom stereocenters. The van der Waals surface area contributed by atoms with Gasteiger partial charge < -0.3 is 10.6 Å². The Bertz CT molecular complexity index is 1070. The lowest BCUT2D eigenvalue weighted by Gasteiger charge is -2.25. The third kappa shape index (κ3) is 4.54. The zero-order chi connectivity index (χ0) is 22.0. The number of carbonyl (C=O) groups excluding carboxylic acids is 1. The molecule has 1 aliphatic heterocycles. The van der Waals surface area contributed by atoms with Gasteiger partial charge >= 0.3 is 0 Å². The van der Waals surface area contributed by atoms with Crippen molar-refractivity contribution in [1.82, 2.24) is 15.1 Å². The fraction of sp³-hybridized carbons (Fsp3) is 0.360. The normalized spacial score (nSPS) is 14.7. The maximum Gasteiger partial charge on any atom is 0.259 e. The van der Waals surface area contributed by atoms with Gasteiger partial charge in [-0.1, -0.05) is 32.0 Å². The Kier molecular flexibility index (Phi) is 6.18. The van der Waals surface area contributed by atoms with Crippen LogP contribution in [0.15, 0.2) is 48.7 Å². The van der Waals surface area contributed by atoms with Crippen molar-refractivity contribution in [2.24, 2.45) is 0 Å². The lowest BCUT2D eigenvalue weighted by atomic mass is 9.91. The Hall–Kier alpha value is -2.99. The number of benzene rings is 2. The van der Waals surface area contributed by atoms with E-state index in [1.807, 2.05) is 4.68 Å². The van der Waals surface area contributed by atoms with Crippen LogP contribution in [0.4, 0.5) is 10.1 Å². The van der Waals surface area contributed by atoms with Gasteiger partial charge in [0.25, 0.3) is 5.91 Å². The van der Waals surface area contributed by atoms with Crippen molar-refractivity contribution in [3.63, 3.8) is 0 Å². The van der Waals surface area contributed by atoms with Crippen LogP contribution in [-0.4, -0.2) is 28.8 Å². The zero-order valence-electron chi connectivity index (χ0n) is 18.3. The molecule has 2 aromatic carbocycles. The minimum atomic E-state index is -0.336. The molecule has 0 radical (unpaired) electrons. The van der Waals surface area contributed by atoms with Crippen molar-refractivity contribution in [3.05, 3.63) is 76.9 Å². The van der Waals surface area contributed by atoms with Gasteiger partial charge in [-0.15, -0.1) is 0 Å². The largest absolute Gasteiger partial charge is 0.322 e. The molecule has 2 N–H and O–H groups in total. The molecular formula is C25H29FN4O. The summed E-state index contributed by atoms with van der Waals surface area (Å²) < 4.78 is 15.8. The minimum Gasteiger partial charge on any atom is -0.322 e. The summed E-state index contributed by atoms with van der Waals surface area (Å²) in [6, 6.07) is 13.1. The van der Waals surface area contributed by atoms with Crippen molar-refractivity contribution >= 4 is 11.6 Å². The number of hydrogen-bond acceptors (Lipinski definition) is 3. The van der Waals surface area contributed by atoms with Crippen molar-refractivity contribution in [2.45, 2.75) is 45.4 Å². The third-order valence-electron chi connectivity index (χ3n) is 6.01. The molecule has 1 aromatic heterocycles. The summed E-state index contributed by atoms with van der Waals surface area (Å²) in [6.07, 6.45) is 3.51. The fourth-order valence-corrected chi connectivity index (χ4v) is 4.10. The first-order valence-corrected chi connectivity index (χ1v) is 10.9. The first-order chi connectivity index (χ1) is 14.9. The van der Waals surface area contributed by atoms with Crippen LogP contribution in [0, 0.1) is 12.7 Å². The van der Waals surface area contributed by atoms with E-state index in [2.05, 4.69) is 53.8 Å². The van der Waals surface area contributed by atoms with Crippen LogP contribution >= 0.6 is 0 Å². The van der Waals surface area contributed by atoms with E-state index in [1.54, 1.807) is 25.3 Å². The third-order valence-corrected chi connectivity index (χ3v) is 6.01. The predicted octanol–water partition coefficient (Wildman–Crippen LogP) is 5.16. The number of halogens is 1. The van der Waals surface area contributed by atoms with Crippen LogP contribution < -0.4 is 10.6 Å². The van der Waals surface area contributed by atoms with Gasteiger partial charge in [-0.25, -0.2) is 9.07 Å². The van der Waals surface area contributed by atoms with E-state index >= 15 is 0 Å². The van der Waals surface area contributed by atoms with Gasteiger partial charge in [0, 0.05) is 11.6 Å². The van der Waals surface area contributed by atoms with Crippen LogP contribution in [0.5, 0.6) is 0 Å². The smallest absolute Gasteiger partial charge is 0.259 e. The van der Waals surface area contributed by atoms with Gasteiger partial charge in [-0.05, 0) is 74.2 Å². The van der Waals surface area contributed by atoms with Crippen molar-refractivity contribution in [3.8, 4) is 5.69 Å². The minimum absolute atomic E-state index is 0.226. The summed E-state index contributed by atoms with van der Waals surface area (Å²) >= 11 is 0. The molecular weight excluding hydrogens is 391 g/mol. The first-order valence-electron chi connectivity index (χ1n) is 10.9. The quantitative estimate of drug-likeness (QED) is 0.599. The molecule has 0 bridgehead atoms. The van der Waals surface area contributed by atoms with Gasteiger partial charge in [0.1, 0.15) is 5.82 Å². The number of rotatable bonds is 5.